The molecule has 0 aliphatic rings. The first-order chi connectivity index (χ1) is 10.7. The van der Waals surface area contributed by atoms with E-state index in [-0.39, 0.29) is 5.91 Å². The van der Waals surface area contributed by atoms with Gasteiger partial charge in [0.15, 0.2) is 0 Å². The van der Waals surface area contributed by atoms with Crippen LogP contribution in [0.1, 0.15) is 24.2 Å². The molecule has 0 radical (unpaired) electrons. The van der Waals surface area contributed by atoms with Crippen LogP contribution in [0.15, 0.2) is 48.5 Å². The standard InChI is InChI=1S/C18H22N2O2/c1-4-20(5-2)18(21)16-11-6-7-12-17(16)19-14-9-8-10-15(13-14)22-3/h6-13,19H,4-5H2,1-3H3. The Labute approximate surface area is 131 Å². The van der Waals surface area contributed by atoms with Gasteiger partial charge in [0.2, 0.25) is 0 Å². The van der Waals surface area contributed by atoms with Crippen molar-refractivity contribution >= 4 is 17.3 Å². The molecule has 0 unspecified atom stereocenters. The molecule has 0 aliphatic heterocycles. The number of methoxy groups -OCH3 is 1. The van der Waals surface area contributed by atoms with E-state index >= 15 is 0 Å². The van der Waals surface area contributed by atoms with Gasteiger partial charge in [0, 0.05) is 24.8 Å². The number of amides is 1. The average molecular weight is 298 g/mol. The molecule has 0 spiro atoms. The van der Waals surface area contributed by atoms with E-state index in [0.29, 0.717) is 18.7 Å². The molecule has 0 saturated heterocycles. The molecule has 0 fully saturated rings. The van der Waals surface area contributed by atoms with Crippen LogP contribution in [0.2, 0.25) is 0 Å². The van der Waals surface area contributed by atoms with E-state index in [0.717, 1.165) is 17.1 Å². The van der Waals surface area contributed by atoms with Crippen LogP contribution in [0.3, 0.4) is 0 Å². The van der Waals surface area contributed by atoms with Crippen molar-refractivity contribution in [1.29, 1.82) is 0 Å². The lowest BCUT2D eigenvalue weighted by molar-refractivity contribution is 0.0774. The molecule has 116 valence electrons. The van der Waals surface area contributed by atoms with Crippen LogP contribution in [0.5, 0.6) is 5.75 Å². The smallest absolute Gasteiger partial charge is 0.255 e. The summed E-state index contributed by atoms with van der Waals surface area (Å²) in [5.74, 6) is 0.813. The molecular weight excluding hydrogens is 276 g/mol. The first-order valence-electron chi connectivity index (χ1n) is 7.49. The van der Waals surface area contributed by atoms with Crippen molar-refractivity contribution in [2.75, 3.05) is 25.5 Å². The molecule has 4 nitrogen and oxygen atoms in total. The molecule has 2 rings (SSSR count). The number of para-hydroxylation sites is 1. The molecule has 1 amide bonds. The second-order valence-corrected chi connectivity index (χ2v) is 4.88. The highest BCUT2D eigenvalue weighted by molar-refractivity contribution is 6.00. The van der Waals surface area contributed by atoms with E-state index in [1.165, 1.54) is 0 Å². The fourth-order valence-electron chi connectivity index (χ4n) is 2.32. The predicted molar refractivity (Wildman–Crippen MR) is 90.0 cm³/mol. The largest absolute Gasteiger partial charge is 0.497 e. The first kappa shape index (κ1) is 15.9. The lowest BCUT2D eigenvalue weighted by Gasteiger charge is -2.21. The molecule has 0 bridgehead atoms. The van der Waals surface area contributed by atoms with Crippen molar-refractivity contribution in [1.82, 2.24) is 4.90 Å². The second-order valence-electron chi connectivity index (χ2n) is 4.88. The molecule has 2 aromatic rings. The molecule has 0 aliphatic carbocycles. The minimum atomic E-state index is 0.0380. The Morgan fingerprint density at radius 1 is 1.09 bits per heavy atom. The maximum absolute atomic E-state index is 12.6. The van der Waals surface area contributed by atoms with Crippen LogP contribution >= 0.6 is 0 Å². The Balaban J connectivity index is 2.30. The van der Waals surface area contributed by atoms with E-state index < -0.39 is 0 Å². The first-order valence-corrected chi connectivity index (χ1v) is 7.49. The highest BCUT2D eigenvalue weighted by atomic mass is 16.5. The third-order valence-electron chi connectivity index (χ3n) is 3.56. The fraction of sp³-hybridized carbons (Fsp3) is 0.278. The summed E-state index contributed by atoms with van der Waals surface area (Å²) in [5, 5.41) is 3.30. The fourth-order valence-corrected chi connectivity index (χ4v) is 2.32. The molecule has 22 heavy (non-hydrogen) atoms. The number of nitrogens with zero attached hydrogens (tertiary/aromatic N) is 1. The minimum Gasteiger partial charge on any atom is -0.497 e. The number of carbonyl (C=O) groups is 1. The quantitative estimate of drug-likeness (QED) is 0.879. The normalized spacial score (nSPS) is 10.1. The number of hydrogen-bond donors (Lipinski definition) is 1. The van der Waals surface area contributed by atoms with Crippen molar-refractivity contribution in [3.63, 3.8) is 0 Å². The zero-order chi connectivity index (χ0) is 15.9. The third-order valence-corrected chi connectivity index (χ3v) is 3.56. The van der Waals surface area contributed by atoms with Gasteiger partial charge in [-0.25, -0.2) is 0 Å². The Bertz CT molecular complexity index is 636. The molecule has 0 atom stereocenters. The van der Waals surface area contributed by atoms with Crippen LogP contribution in [-0.4, -0.2) is 31.0 Å². The number of hydrogen-bond acceptors (Lipinski definition) is 3. The summed E-state index contributed by atoms with van der Waals surface area (Å²) in [7, 11) is 1.64. The van der Waals surface area contributed by atoms with Gasteiger partial charge in [-0.1, -0.05) is 18.2 Å². The SMILES string of the molecule is CCN(CC)C(=O)c1ccccc1Nc1cccc(OC)c1. The van der Waals surface area contributed by atoms with E-state index in [9.17, 15) is 4.79 Å². The van der Waals surface area contributed by atoms with E-state index in [2.05, 4.69) is 5.32 Å². The lowest BCUT2D eigenvalue weighted by atomic mass is 10.1. The van der Waals surface area contributed by atoms with Crippen LogP contribution < -0.4 is 10.1 Å². The predicted octanol–water partition coefficient (Wildman–Crippen LogP) is 3.92. The Morgan fingerprint density at radius 2 is 1.82 bits per heavy atom. The van der Waals surface area contributed by atoms with Crippen molar-refractivity contribution in [2.24, 2.45) is 0 Å². The van der Waals surface area contributed by atoms with E-state index in [1.54, 1.807) is 7.11 Å². The van der Waals surface area contributed by atoms with Gasteiger partial charge in [0.1, 0.15) is 5.75 Å². The number of ether oxygens (including phenoxy) is 1. The Hall–Kier alpha value is -2.49. The van der Waals surface area contributed by atoms with E-state index in [4.69, 9.17) is 4.74 Å². The van der Waals surface area contributed by atoms with Gasteiger partial charge >= 0.3 is 0 Å². The minimum absolute atomic E-state index is 0.0380. The highest BCUT2D eigenvalue weighted by Crippen LogP contribution is 2.24. The van der Waals surface area contributed by atoms with Crippen molar-refractivity contribution < 1.29 is 9.53 Å². The van der Waals surface area contributed by atoms with Crippen LogP contribution in [-0.2, 0) is 0 Å². The van der Waals surface area contributed by atoms with Gasteiger partial charge in [0.05, 0.1) is 18.4 Å². The summed E-state index contributed by atoms with van der Waals surface area (Å²) in [5.41, 5.74) is 2.36. The third kappa shape index (κ3) is 3.58. The molecule has 0 aromatic heterocycles. The van der Waals surface area contributed by atoms with Crippen molar-refractivity contribution in [2.45, 2.75) is 13.8 Å². The van der Waals surface area contributed by atoms with Crippen molar-refractivity contribution in [3.05, 3.63) is 54.1 Å². The second kappa shape index (κ2) is 7.50. The van der Waals surface area contributed by atoms with Gasteiger partial charge in [-0.2, -0.15) is 0 Å². The van der Waals surface area contributed by atoms with Crippen LogP contribution in [0, 0.1) is 0 Å². The maximum atomic E-state index is 12.6. The van der Waals surface area contributed by atoms with Gasteiger partial charge in [0.25, 0.3) is 5.91 Å². The summed E-state index contributed by atoms with van der Waals surface area (Å²) in [6.07, 6.45) is 0. The summed E-state index contributed by atoms with van der Waals surface area (Å²) in [4.78, 5) is 14.4. The summed E-state index contributed by atoms with van der Waals surface area (Å²) in [6, 6.07) is 15.2. The molecular formula is C18H22N2O2. The number of rotatable bonds is 6. The molecule has 0 saturated carbocycles. The summed E-state index contributed by atoms with van der Waals surface area (Å²) < 4.78 is 5.23. The van der Waals surface area contributed by atoms with Crippen molar-refractivity contribution in [3.8, 4) is 5.75 Å². The van der Waals surface area contributed by atoms with Gasteiger partial charge in [-0.05, 0) is 38.1 Å². The lowest BCUT2D eigenvalue weighted by Crippen LogP contribution is -2.30. The highest BCUT2D eigenvalue weighted by Gasteiger charge is 2.16. The number of carbonyl (C=O) groups excluding carboxylic acids is 1. The van der Waals surface area contributed by atoms with Gasteiger partial charge < -0.3 is 15.0 Å². The molecule has 2 aromatic carbocycles. The monoisotopic (exact) mass is 298 g/mol. The number of anilines is 2. The average Bonchev–Trinajstić information content (AvgIpc) is 2.56. The molecule has 0 heterocycles. The topological polar surface area (TPSA) is 41.6 Å². The zero-order valence-corrected chi connectivity index (χ0v) is 13.3. The van der Waals surface area contributed by atoms with Crippen LogP contribution in [0.4, 0.5) is 11.4 Å². The summed E-state index contributed by atoms with van der Waals surface area (Å²) in [6.45, 7) is 5.37. The zero-order valence-electron chi connectivity index (χ0n) is 13.3. The van der Waals surface area contributed by atoms with Crippen LogP contribution in [0.25, 0.3) is 0 Å². The number of nitrogens with one attached hydrogen (secondary N) is 1. The Morgan fingerprint density at radius 3 is 2.50 bits per heavy atom. The molecule has 4 heteroatoms. The maximum Gasteiger partial charge on any atom is 0.255 e. The molecule has 1 N–H and O–H groups in total. The Kier molecular flexibility index (Phi) is 5.42. The van der Waals surface area contributed by atoms with Gasteiger partial charge in [-0.3, -0.25) is 4.79 Å². The number of benzene rings is 2. The summed E-state index contributed by atoms with van der Waals surface area (Å²) >= 11 is 0. The van der Waals surface area contributed by atoms with E-state index in [1.807, 2.05) is 67.3 Å². The van der Waals surface area contributed by atoms with Gasteiger partial charge in [-0.15, -0.1) is 0 Å².